The third kappa shape index (κ3) is 7.55. The molecule has 362 valence electrons. The number of nitrogens with zero attached hydrogens (tertiary/aromatic N) is 2. The van der Waals surface area contributed by atoms with Crippen LogP contribution in [0.4, 0.5) is 0 Å². The molecule has 2 aromatic heterocycles. The van der Waals surface area contributed by atoms with Crippen LogP contribution >= 0.6 is 0 Å². The second-order valence-electron chi connectivity index (χ2n) is 21.4. The minimum absolute atomic E-state index is 0.145. The van der Waals surface area contributed by atoms with E-state index in [-0.39, 0.29) is 5.41 Å². The summed E-state index contributed by atoms with van der Waals surface area (Å²) in [5, 5.41) is 10.0. The first-order valence-electron chi connectivity index (χ1n) is 26.8. The molecule has 0 fully saturated rings. The van der Waals surface area contributed by atoms with Gasteiger partial charge >= 0.3 is 0 Å². The van der Waals surface area contributed by atoms with E-state index in [0.717, 1.165) is 0 Å². The number of hydrogen-bond acceptors (Lipinski definition) is 0. The highest BCUT2D eigenvalue weighted by Gasteiger charge is 2.36. The van der Waals surface area contributed by atoms with Gasteiger partial charge in [-0.3, -0.25) is 0 Å². The average Bonchev–Trinajstić information content (AvgIpc) is 4.15. The van der Waals surface area contributed by atoms with Crippen molar-refractivity contribution in [1.29, 1.82) is 0 Å². The van der Waals surface area contributed by atoms with E-state index in [4.69, 9.17) is 0 Å². The van der Waals surface area contributed by atoms with Gasteiger partial charge in [0.05, 0.1) is 22.1 Å². The summed E-state index contributed by atoms with van der Waals surface area (Å²) in [5.41, 5.74) is 22.1. The third-order valence-corrected chi connectivity index (χ3v) is 16.5. The summed E-state index contributed by atoms with van der Waals surface area (Å²) in [7, 11) is 0. The Morgan fingerprint density at radius 3 is 1.09 bits per heavy atom. The fourth-order valence-corrected chi connectivity index (χ4v) is 12.4. The summed E-state index contributed by atoms with van der Waals surface area (Å²) in [4.78, 5) is 0. The van der Waals surface area contributed by atoms with E-state index >= 15 is 0 Å². The third-order valence-electron chi connectivity index (χ3n) is 16.5. The molecule has 2 heterocycles. The minimum atomic E-state index is -0.145. The molecular formula is C75H52N2. The van der Waals surface area contributed by atoms with Crippen LogP contribution in [0.25, 0.3) is 134 Å². The topological polar surface area (TPSA) is 9.86 Å². The molecule has 15 rings (SSSR count). The SMILES string of the molecule is CC1(C)c2cc(-c3ccc(/C=C/c4ccc5c(c4)c4ccccc4n5-c4ccc5ccccc5c4)cc3)ccc2-c2ccc(-c3ccc(/C=C/c4ccc5c(c4)c4ccccc4n5-c4ccc5ccccc5c4)cc3)cc21. The highest BCUT2D eigenvalue weighted by Crippen LogP contribution is 2.51. The molecule has 12 aromatic carbocycles. The van der Waals surface area contributed by atoms with Crippen molar-refractivity contribution in [2.45, 2.75) is 19.3 Å². The second-order valence-corrected chi connectivity index (χ2v) is 21.4. The van der Waals surface area contributed by atoms with Crippen LogP contribution in [0.15, 0.2) is 255 Å². The maximum absolute atomic E-state index is 2.42. The number of benzene rings is 12. The van der Waals surface area contributed by atoms with E-state index < -0.39 is 0 Å². The number of hydrogen-bond donors (Lipinski definition) is 0. The van der Waals surface area contributed by atoms with Crippen molar-refractivity contribution in [3.05, 3.63) is 288 Å². The first kappa shape index (κ1) is 44.7. The molecule has 77 heavy (non-hydrogen) atoms. The Kier molecular flexibility index (Phi) is 10.3. The predicted molar refractivity (Wildman–Crippen MR) is 329 cm³/mol. The van der Waals surface area contributed by atoms with Gasteiger partial charge in [-0.1, -0.05) is 220 Å². The van der Waals surface area contributed by atoms with Crippen LogP contribution in [0, 0.1) is 0 Å². The van der Waals surface area contributed by atoms with Crippen molar-refractivity contribution in [1.82, 2.24) is 9.13 Å². The molecule has 0 spiro atoms. The Balaban J connectivity index is 0.650. The van der Waals surface area contributed by atoms with Gasteiger partial charge in [-0.2, -0.15) is 0 Å². The fraction of sp³-hybridized carbons (Fsp3) is 0.0400. The van der Waals surface area contributed by atoms with Gasteiger partial charge in [0.1, 0.15) is 0 Å². The molecule has 0 saturated heterocycles. The Morgan fingerprint density at radius 2 is 0.636 bits per heavy atom. The molecule has 0 unspecified atom stereocenters. The summed E-state index contributed by atoms with van der Waals surface area (Å²) in [6.07, 6.45) is 8.93. The number of aromatic nitrogens is 2. The lowest BCUT2D eigenvalue weighted by Gasteiger charge is -2.22. The zero-order chi connectivity index (χ0) is 51.2. The van der Waals surface area contributed by atoms with Crippen molar-refractivity contribution in [2.24, 2.45) is 0 Å². The number of fused-ring (bicyclic) bond motifs is 11. The van der Waals surface area contributed by atoms with Crippen LogP contribution in [0.1, 0.15) is 47.2 Å². The molecule has 1 aliphatic carbocycles. The molecule has 0 aliphatic heterocycles. The average molecular weight is 981 g/mol. The Labute approximate surface area is 448 Å². The summed E-state index contributed by atoms with van der Waals surface area (Å²) in [6, 6.07) is 94.0. The zero-order valence-corrected chi connectivity index (χ0v) is 43.0. The molecule has 2 nitrogen and oxygen atoms in total. The smallest absolute Gasteiger partial charge is 0.0541 e. The molecule has 2 heteroatoms. The van der Waals surface area contributed by atoms with E-state index in [0.29, 0.717) is 0 Å². The van der Waals surface area contributed by atoms with Gasteiger partial charge in [-0.25, -0.2) is 0 Å². The van der Waals surface area contributed by atoms with E-state index in [1.165, 1.54) is 143 Å². The maximum atomic E-state index is 2.42. The predicted octanol–water partition coefficient (Wildman–Crippen LogP) is 20.2. The van der Waals surface area contributed by atoms with Crippen LogP contribution in [-0.2, 0) is 5.41 Å². The Morgan fingerprint density at radius 1 is 0.273 bits per heavy atom. The highest BCUT2D eigenvalue weighted by atomic mass is 15.0. The van der Waals surface area contributed by atoms with Crippen LogP contribution < -0.4 is 0 Å². The molecule has 14 aromatic rings. The van der Waals surface area contributed by atoms with E-state index in [9.17, 15) is 0 Å². The minimum Gasteiger partial charge on any atom is -0.309 e. The molecule has 0 bridgehead atoms. The van der Waals surface area contributed by atoms with E-state index in [1.807, 2.05) is 0 Å². The molecule has 0 saturated carbocycles. The van der Waals surface area contributed by atoms with Crippen molar-refractivity contribution in [3.8, 4) is 44.8 Å². The molecule has 1 aliphatic rings. The fourth-order valence-electron chi connectivity index (χ4n) is 12.4. The Bertz CT molecular complexity index is 4440. The molecule has 0 radical (unpaired) electrons. The number of para-hydroxylation sites is 2. The van der Waals surface area contributed by atoms with Crippen LogP contribution in [0.2, 0.25) is 0 Å². The molecule has 0 N–H and O–H groups in total. The molecule has 0 amide bonds. The van der Waals surface area contributed by atoms with Gasteiger partial charge in [-0.15, -0.1) is 0 Å². The largest absolute Gasteiger partial charge is 0.309 e. The Hall–Kier alpha value is -9.76. The van der Waals surface area contributed by atoms with Crippen molar-refractivity contribution >= 4 is 89.5 Å². The van der Waals surface area contributed by atoms with Gasteiger partial charge in [0, 0.05) is 38.3 Å². The highest BCUT2D eigenvalue weighted by molar-refractivity contribution is 6.11. The van der Waals surface area contributed by atoms with Gasteiger partial charge in [0.2, 0.25) is 0 Å². The van der Waals surface area contributed by atoms with Crippen LogP contribution in [0.5, 0.6) is 0 Å². The van der Waals surface area contributed by atoms with Crippen LogP contribution in [0.3, 0.4) is 0 Å². The molecule has 0 atom stereocenters. The van der Waals surface area contributed by atoms with Crippen LogP contribution in [-0.4, -0.2) is 9.13 Å². The lowest BCUT2D eigenvalue weighted by Crippen LogP contribution is -2.15. The second kappa shape index (κ2) is 17.7. The monoisotopic (exact) mass is 980 g/mol. The van der Waals surface area contributed by atoms with Gasteiger partial charge in [0.15, 0.2) is 0 Å². The van der Waals surface area contributed by atoms with Gasteiger partial charge in [-0.05, 0) is 161 Å². The first-order valence-corrected chi connectivity index (χ1v) is 26.8. The van der Waals surface area contributed by atoms with Gasteiger partial charge < -0.3 is 9.13 Å². The zero-order valence-electron chi connectivity index (χ0n) is 43.0. The van der Waals surface area contributed by atoms with Crippen molar-refractivity contribution < 1.29 is 0 Å². The van der Waals surface area contributed by atoms with E-state index in [2.05, 4.69) is 302 Å². The lowest BCUT2D eigenvalue weighted by molar-refractivity contribution is 0.661. The maximum Gasteiger partial charge on any atom is 0.0541 e. The standard InChI is InChI=1S/C75H52N2/c1-75(2)69-47-59(55-29-23-49(24-30-55)19-21-51-27-41-73-67(43-51)65-15-7-9-17-71(65)76(73)61-37-33-53-11-3-5-13-57(53)45-61)35-39-63(69)64-40-36-60(48-70(64)75)56-31-25-50(26-32-56)20-22-52-28-42-74-68(44-52)66-16-8-10-18-72(66)77(74)62-38-34-54-12-4-6-14-58(54)46-62/h3-48H,1-2H3/b21-19+,22-20+. The van der Waals surface area contributed by atoms with Gasteiger partial charge in [0.25, 0.3) is 0 Å². The van der Waals surface area contributed by atoms with Crippen molar-refractivity contribution in [2.75, 3.05) is 0 Å². The summed E-state index contributed by atoms with van der Waals surface area (Å²) in [6.45, 7) is 4.76. The summed E-state index contributed by atoms with van der Waals surface area (Å²) >= 11 is 0. The quantitative estimate of drug-likeness (QED) is 0.134. The summed E-state index contributed by atoms with van der Waals surface area (Å²) in [5.74, 6) is 0. The summed E-state index contributed by atoms with van der Waals surface area (Å²) < 4.78 is 4.79. The lowest BCUT2D eigenvalue weighted by atomic mass is 9.81. The van der Waals surface area contributed by atoms with E-state index in [1.54, 1.807) is 0 Å². The molecular weight excluding hydrogens is 929 g/mol. The normalized spacial score (nSPS) is 13.1. The number of rotatable bonds is 8. The first-order chi connectivity index (χ1) is 37.9. The van der Waals surface area contributed by atoms with Crippen molar-refractivity contribution in [3.63, 3.8) is 0 Å².